The second-order valence-corrected chi connectivity index (χ2v) is 9.21. The maximum atomic E-state index is 13.5. The number of nitrogens with one attached hydrogen (secondary N) is 1. The maximum Gasteiger partial charge on any atom is 0.243 e. The molecule has 2 amide bonds. The van der Waals surface area contributed by atoms with E-state index in [0.717, 1.165) is 28.0 Å². The number of ether oxygens (including phenoxy) is 1. The molecular weight excluding hydrogens is 388 g/mol. The minimum Gasteiger partial charge on any atom is -0.497 e. The van der Waals surface area contributed by atoms with E-state index < -0.39 is 6.04 Å². The number of rotatable bonds is 8. The van der Waals surface area contributed by atoms with Crippen LogP contribution in [0.2, 0.25) is 0 Å². The molecule has 2 rings (SSSR count). The lowest BCUT2D eigenvalue weighted by Gasteiger charge is -2.33. The summed E-state index contributed by atoms with van der Waals surface area (Å²) in [6, 6.07) is 13.2. The standard InChI is InChI=1S/C26H36N2O3/c1-8-23(25(30)27-26(4,5)6)28(17-20-10-9-11-22(15-20)31-7)24(29)16-21-13-18(2)12-19(3)14-21/h9-15,23H,8,16-17H2,1-7H3,(H,27,30)/t23-/m1/s1. The van der Waals surface area contributed by atoms with Crippen molar-refractivity contribution in [3.8, 4) is 5.75 Å². The van der Waals surface area contributed by atoms with Crippen molar-refractivity contribution in [1.82, 2.24) is 10.2 Å². The topological polar surface area (TPSA) is 58.6 Å². The van der Waals surface area contributed by atoms with E-state index >= 15 is 0 Å². The molecule has 31 heavy (non-hydrogen) atoms. The number of benzene rings is 2. The molecule has 0 aromatic heterocycles. The van der Waals surface area contributed by atoms with E-state index in [0.29, 0.717) is 13.0 Å². The molecule has 1 atom stereocenters. The van der Waals surface area contributed by atoms with Crippen molar-refractivity contribution in [3.63, 3.8) is 0 Å². The lowest BCUT2D eigenvalue weighted by Crippen LogP contribution is -2.53. The third kappa shape index (κ3) is 7.42. The zero-order valence-corrected chi connectivity index (χ0v) is 19.9. The van der Waals surface area contributed by atoms with Gasteiger partial charge in [0.25, 0.3) is 0 Å². The summed E-state index contributed by atoms with van der Waals surface area (Å²) in [6.45, 7) is 12.2. The molecule has 0 spiro atoms. The lowest BCUT2D eigenvalue weighted by atomic mass is 10.0. The molecule has 2 aromatic rings. The Kier molecular flexibility index (Phi) is 8.26. The van der Waals surface area contributed by atoms with E-state index in [9.17, 15) is 9.59 Å². The van der Waals surface area contributed by atoms with Gasteiger partial charge in [-0.05, 0) is 64.3 Å². The summed E-state index contributed by atoms with van der Waals surface area (Å²) in [5, 5.41) is 3.04. The zero-order valence-electron chi connectivity index (χ0n) is 19.9. The van der Waals surface area contributed by atoms with E-state index in [-0.39, 0.29) is 23.8 Å². The predicted molar refractivity (Wildman–Crippen MR) is 125 cm³/mol. The fourth-order valence-electron chi connectivity index (χ4n) is 3.79. The van der Waals surface area contributed by atoms with Gasteiger partial charge in [0.1, 0.15) is 11.8 Å². The average molecular weight is 425 g/mol. The Morgan fingerprint density at radius 3 is 2.23 bits per heavy atom. The molecule has 0 bridgehead atoms. The van der Waals surface area contributed by atoms with Crippen molar-refractivity contribution < 1.29 is 14.3 Å². The molecule has 5 heteroatoms. The van der Waals surface area contributed by atoms with Crippen LogP contribution in [0.5, 0.6) is 5.75 Å². The van der Waals surface area contributed by atoms with Crippen LogP contribution in [-0.4, -0.2) is 35.4 Å². The summed E-state index contributed by atoms with van der Waals surface area (Å²) in [6.07, 6.45) is 0.788. The number of carbonyl (C=O) groups excluding carboxylic acids is 2. The van der Waals surface area contributed by atoms with Crippen molar-refractivity contribution in [3.05, 3.63) is 64.7 Å². The first-order chi connectivity index (χ1) is 14.5. The van der Waals surface area contributed by atoms with Crippen molar-refractivity contribution >= 4 is 11.8 Å². The van der Waals surface area contributed by atoms with Gasteiger partial charge in [-0.1, -0.05) is 48.4 Å². The number of aryl methyl sites for hydroxylation is 2. The highest BCUT2D eigenvalue weighted by atomic mass is 16.5. The molecule has 0 radical (unpaired) electrons. The second kappa shape index (κ2) is 10.5. The first-order valence-corrected chi connectivity index (χ1v) is 10.8. The Bertz CT molecular complexity index is 895. The van der Waals surface area contributed by atoms with Gasteiger partial charge in [0.15, 0.2) is 0 Å². The lowest BCUT2D eigenvalue weighted by molar-refractivity contribution is -0.141. The van der Waals surface area contributed by atoms with Crippen LogP contribution in [-0.2, 0) is 22.6 Å². The zero-order chi connectivity index (χ0) is 23.2. The first kappa shape index (κ1) is 24.4. The van der Waals surface area contributed by atoms with Gasteiger partial charge in [0.2, 0.25) is 11.8 Å². The second-order valence-electron chi connectivity index (χ2n) is 9.21. The third-order valence-corrected chi connectivity index (χ3v) is 5.01. The summed E-state index contributed by atoms with van der Waals surface area (Å²) in [5.74, 6) is 0.529. The van der Waals surface area contributed by atoms with Gasteiger partial charge in [-0.3, -0.25) is 9.59 Å². The van der Waals surface area contributed by atoms with E-state index in [1.54, 1.807) is 12.0 Å². The number of hydrogen-bond acceptors (Lipinski definition) is 3. The fraction of sp³-hybridized carbons (Fsp3) is 0.462. The molecule has 0 aliphatic carbocycles. The molecular formula is C26H36N2O3. The van der Waals surface area contributed by atoms with Gasteiger partial charge in [-0.15, -0.1) is 0 Å². The summed E-state index contributed by atoms with van der Waals surface area (Å²) >= 11 is 0. The van der Waals surface area contributed by atoms with Gasteiger partial charge in [0, 0.05) is 12.1 Å². The molecule has 0 saturated carbocycles. The highest BCUT2D eigenvalue weighted by Gasteiger charge is 2.30. The van der Waals surface area contributed by atoms with Crippen molar-refractivity contribution in [2.24, 2.45) is 0 Å². The Hall–Kier alpha value is -2.82. The number of methoxy groups -OCH3 is 1. The van der Waals surface area contributed by atoms with Gasteiger partial charge >= 0.3 is 0 Å². The van der Waals surface area contributed by atoms with Gasteiger partial charge in [0.05, 0.1) is 13.5 Å². The quantitative estimate of drug-likeness (QED) is 0.675. The molecule has 0 fully saturated rings. The highest BCUT2D eigenvalue weighted by molar-refractivity contribution is 5.88. The SMILES string of the molecule is CC[C@H](C(=O)NC(C)(C)C)N(Cc1cccc(OC)c1)C(=O)Cc1cc(C)cc(C)c1. The van der Waals surface area contributed by atoms with Crippen molar-refractivity contribution in [1.29, 1.82) is 0 Å². The van der Waals surface area contributed by atoms with Gasteiger partial charge < -0.3 is 15.0 Å². The van der Waals surface area contributed by atoms with Crippen LogP contribution < -0.4 is 10.1 Å². The summed E-state index contributed by atoms with van der Waals surface area (Å²) in [7, 11) is 1.62. The Balaban J connectivity index is 2.36. The van der Waals surface area contributed by atoms with E-state index in [4.69, 9.17) is 4.74 Å². The Morgan fingerprint density at radius 1 is 1.03 bits per heavy atom. The minimum atomic E-state index is -0.552. The monoisotopic (exact) mass is 424 g/mol. The average Bonchev–Trinajstić information content (AvgIpc) is 2.65. The number of hydrogen-bond donors (Lipinski definition) is 1. The summed E-state index contributed by atoms with van der Waals surface area (Å²) in [4.78, 5) is 28.3. The van der Waals surface area contributed by atoms with Crippen molar-refractivity contribution in [2.45, 2.75) is 72.5 Å². The van der Waals surface area contributed by atoms with Gasteiger partial charge in [-0.2, -0.15) is 0 Å². The van der Waals surface area contributed by atoms with E-state index in [1.807, 2.05) is 77.9 Å². The third-order valence-electron chi connectivity index (χ3n) is 5.01. The Morgan fingerprint density at radius 2 is 1.68 bits per heavy atom. The van der Waals surface area contributed by atoms with Crippen LogP contribution in [0.4, 0.5) is 0 Å². The molecule has 5 nitrogen and oxygen atoms in total. The molecule has 0 unspecified atom stereocenters. The Labute approximate surface area is 186 Å². The summed E-state index contributed by atoms with van der Waals surface area (Å²) < 4.78 is 5.34. The largest absolute Gasteiger partial charge is 0.497 e. The van der Waals surface area contributed by atoms with Crippen LogP contribution in [0.25, 0.3) is 0 Å². The first-order valence-electron chi connectivity index (χ1n) is 10.8. The van der Waals surface area contributed by atoms with Crippen molar-refractivity contribution in [2.75, 3.05) is 7.11 Å². The summed E-state index contributed by atoms with van der Waals surface area (Å²) in [5.41, 5.74) is 3.77. The highest BCUT2D eigenvalue weighted by Crippen LogP contribution is 2.19. The minimum absolute atomic E-state index is 0.0660. The maximum absolute atomic E-state index is 13.5. The predicted octanol–water partition coefficient (Wildman–Crippen LogP) is 4.58. The molecule has 0 heterocycles. The van der Waals surface area contributed by atoms with Gasteiger partial charge in [-0.25, -0.2) is 0 Å². The molecule has 2 aromatic carbocycles. The number of carbonyl (C=O) groups is 2. The molecule has 0 saturated heterocycles. The molecule has 168 valence electrons. The van der Waals surface area contributed by atoms with Crippen LogP contribution in [0.1, 0.15) is 56.4 Å². The van der Waals surface area contributed by atoms with Crippen LogP contribution >= 0.6 is 0 Å². The molecule has 0 aliphatic rings. The van der Waals surface area contributed by atoms with Crippen LogP contribution in [0, 0.1) is 13.8 Å². The molecule has 1 N–H and O–H groups in total. The van der Waals surface area contributed by atoms with E-state index in [2.05, 4.69) is 11.4 Å². The number of nitrogens with zero attached hydrogens (tertiary/aromatic N) is 1. The van der Waals surface area contributed by atoms with E-state index in [1.165, 1.54) is 0 Å². The van der Waals surface area contributed by atoms with Crippen LogP contribution in [0.3, 0.4) is 0 Å². The number of amides is 2. The normalized spacial score (nSPS) is 12.2. The van der Waals surface area contributed by atoms with Crippen LogP contribution in [0.15, 0.2) is 42.5 Å². The molecule has 0 aliphatic heterocycles. The fourth-order valence-corrected chi connectivity index (χ4v) is 3.79. The smallest absolute Gasteiger partial charge is 0.243 e.